The van der Waals surface area contributed by atoms with Crippen molar-refractivity contribution in [1.29, 1.82) is 0 Å². The lowest BCUT2D eigenvalue weighted by Crippen LogP contribution is -2.06. The van der Waals surface area contributed by atoms with Gasteiger partial charge in [0.1, 0.15) is 6.42 Å². The lowest BCUT2D eigenvalue weighted by molar-refractivity contribution is -0.147. The van der Waals surface area contributed by atoms with Crippen LogP contribution in [0.15, 0.2) is 37.5 Å². The Morgan fingerprint density at radius 1 is 1.25 bits per heavy atom. The molecule has 0 aliphatic rings. The molecule has 0 rings (SSSR count). The molecule has 0 unspecified atom stereocenters. The summed E-state index contributed by atoms with van der Waals surface area (Å²) in [6.07, 6.45) is 7.19. The van der Waals surface area contributed by atoms with Crippen molar-refractivity contribution in [3.8, 4) is 0 Å². The molecule has 0 fully saturated rings. The summed E-state index contributed by atoms with van der Waals surface area (Å²) in [7, 11) is 0. The molecule has 0 aromatic heterocycles. The Labute approximate surface area is 94.7 Å². The normalized spacial score (nSPS) is 9.38. The Balaban J connectivity index is 0. The zero-order valence-corrected chi connectivity index (χ0v) is 9.38. The summed E-state index contributed by atoms with van der Waals surface area (Å²) in [5, 5.41) is 7.98. The number of allylic oxidation sites excluding steroid dienone is 2. The summed E-state index contributed by atoms with van der Waals surface area (Å²) in [4.78, 5) is 19.9. The maximum absolute atomic E-state index is 10.2. The van der Waals surface area contributed by atoms with Gasteiger partial charge in [0.15, 0.2) is 0 Å². The second-order valence-corrected chi connectivity index (χ2v) is 2.30. The van der Waals surface area contributed by atoms with E-state index in [9.17, 15) is 9.59 Å². The molecule has 0 aliphatic heterocycles. The summed E-state index contributed by atoms with van der Waals surface area (Å²) in [5.74, 6) is -2.01. The van der Waals surface area contributed by atoms with E-state index in [1.165, 1.54) is 0 Å². The highest BCUT2D eigenvalue weighted by molar-refractivity contribution is 5.90. The SMILES string of the molecule is C=COC(=O)CC(=O)O.CC=COC=CC. The second kappa shape index (κ2) is 13.0. The van der Waals surface area contributed by atoms with Crippen LogP contribution < -0.4 is 0 Å². The maximum Gasteiger partial charge on any atom is 0.321 e. The summed E-state index contributed by atoms with van der Waals surface area (Å²) < 4.78 is 8.87. The zero-order valence-electron chi connectivity index (χ0n) is 9.38. The molecule has 0 spiro atoms. The van der Waals surface area contributed by atoms with Gasteiger partial charge >= 0.3 is 11.9 Å². The number of rotatable bonds is 5. The number of carboxylic acid groups (broad SMARTS) is 1. The van der Waals surface area contributed by atoms with Gasteiger partial charge in [-0.15, -0.1) is 0 Å². The van der Waals surface area contributed by atoms with Gasteiger partial charge in [-0.2, -0.15) is 0 Å². The molecular formula is C11H16O5. The average Bonchev–Trinajstić information content (AvgIpc) is 2.18. The van der Waals surface area contributed by atoms with Gasteiger partial charge in [-0.1, -0.05) is 18.7 Å². The van der Waals surface area contributed by atoms with Gasteiger partial charge in [0.25, 0.3) is 0 Å². The lowest BCUT2D eigenvalue weighted by atomic mass is 10.4. The largest absolute Gasteiger partial charge is 0.481 e. The van der Waals surface area contributed by atoms with Gasteiger partial charge in [0.2, 0.25) is 0 Å². The van der Waals surface area contributed by atoms with Crippen LogP contribution in [0.2, 0.25) is 0 Å². The Morgan fingerprint density at radius 2 is 1.75 bits per heavy atom. The minimum atomic E-state index is -1.21. The fraction of sp³-hybridized carbons (Fsp3) is 0.273. The van der Waals surface area contributed by atoms with Crippen molar-refractivity contribution < 1.29 is 24.2 Å². The van der Waals surface area contributed by atoms with E-state index in [1.807, 2.05) is 26.0 Å². The molecule has 0 aromatic rings. The molecule has 0 amide bonds. The van der Waals surface area contributed by atoms with Crippen molar-refractivity contribution in [2.75, 3.05) is 0 Å². The Kier molecular flexibility index (Phi) is 13.3. The first-order valence-electron chi connectivity index (χ1n) is 4.48. The van der Waals surface area contributed by atoms with E-state index >= 15 is 0 Å². The number of esters is 1. The van der Waals surface area contributed by atoms with Crippen LogP contribution in [0.3, 0.4) is 0 Å². The number of aliphatic carboxylic acids is 1. The summed E-state index contributed by atoms with van der Waals surface area (Å²) >= 11 is 0. The van der Waals surface area contributed by atoms with Crippen LogP contribution in [0.5, 0.6) is 0 Å². The van der Waals surface area contributed by atoms with Gasteiger partial charge in [-0.05, 0) is 13.8 Å². The molecule has 0 atom stereocenters. The maximum atomic E-state index is 10.2. The molecule has 0 bridgehead atoms. The van der Waals surface area contributed by atoms with Crippen LogP contribution in [0.1, 0.15) is 20.3 Å². The monoisotopic (exact) mass is 228 g/mol. The van der Waals surface area contributed by atoms with E-state index in [-0.39, 0.29) is 0 Å². The number of carbonyl (C=O) groups excluding carboxylic acids is 1. The fourth-order valence-electron chi connectivity index (χ4n) is 0.461. The molecule has 0 saturated heterocycles. The first-order chi connectivity index (χ1) is 7.58. The second-order valence-electron chi connectivity index (χ2n) is 2.30. The average molecular weight is 228 g/mol. The Hall–Kier alpha value is -2.04. The van der Waals surface area contributed by atoms with E-state index in [0.29, 0.717) is 0 Å². The number of carboxylic acids is 1. The molecule has 5 heteroatoms. The quantitative estimate of drug-likeness (QED) is 0.443. The Morgan fingerprint density at radius 3 is 2.06 bits per heavy atom. The standard InChI is InChI=1S/C6H10O.C5H6O4/c1-3-5-7-6-4-2;1-2-9-5(8)3-4(6)7/h3-6H,1-2H3;2H,1,3H2,(H,6,7). The summed E-state index contributed by atoms with van der Waals surface area (Å²) in [6, 6.07) is 0. The fourth-order valence-corrected chi connectivity index (χ4v) is 0.461. The predicted octanol–water partition coefficient (Wildman–Crippen LogP) is 2.22. The molecule has 0 aliphatic carbocycles. The lowest BCUT2D eigenvalue weighted by Gasteiger charge is -1.91. The Bertz CT molecular complexity index is 256. The minimum Gasteiger partial charge on any atom is -0.481 e. The topological polar surface area (TPSA) is 72.8 Å². The van der Waals surface area contributed by atoms with Gasteiger partial charge < -0.3 is 14.6 Å². The number of carbonyl (C=O) groups is 2. The van der Waals surface area contributed by atoms with Gasteiger partial charge in [-0.25, -0.2) is 0 Å². The predicted molar refractivity (Wildman–Crippen MR) is 59.3 cm³/mol. The van der Waals surface area contributed by atoms with Crippen LogP contribution in [-0.2, 0) is 19.1 Å². The van der Waals surface area contributed by atoms with Gasteiger partial charge in [0.05, 0.1) is 18.8 Å². The molecule has 5 nitrogen and oxygen atoms in total. The molecule has 90 valence electrons. The third-order valence-electron chi connectivity index (χ3n) is 0.940. The molecule has 1 N–H and O–H groups in total. The van der Waals surface area contributed by atoms with E-state index in [4.69, 9.17) is 9.84 Å². The van der Waals surface area contributed by atoms with Crippen molar-refractivity contribution in [1.82, 2.24) is 0 Å². The van der Waals surface area contributed by atoms with Crippen LogP contribution in [0.4, 0.5) is 0 Å². The number of hydrogen-bond acceptors (Lipinski definition) is 4. The third-order valence-corrected chi connectivity index (χ3v) is 0.940. The van der Waals surface area contributed by atoms with E-state index < -0.39 is 18.4 Å². The van der Waals surface area contributed by atoms with E-state index in [1.54, 1.807) is 12.5 Å². The summed E-state index contributed by atoms with van der Waals surface area (Å²) in [6.45, 7) is 6.88. The number of ether oxygens (including phenoxy) is 2. The van der Waals surface area contributed by atoms with E-state index in [2.05, 4.69) is 11.3 Å². The first-order valence-corrected chi connectivity index (χ1v) is 4.48. The van der Waals surface area contributed by atoms with Crippen molar-refractivity contribution in [2.45, 2.75) is 20.3 Å². The van der Waals surface area contributed by atoms with Crippen LogP contribution in [0, 0.1) is 0 Å². The van der Waals surface area contributed by atoms with Gasteiger partial charge in [-0.3, -0.25) is 9.59 Å². The highest BCUT2D eigenvalue weighted by Crippen LogP contribution is 1.84. The van der Waals surface area contributed by atoms with E-state index in [0.717, 1.165) is 6.26 Å². The van der Waals surface area contributed by atoms with Crippen molar-refractivity contribution in [3.05, 3.63) is 37.5 Å². The molecule has 0 radical (unpaired) electrons. The minimum absolute atomic E-state index is 0.619. The highest BCUT2D eigenvalue weighted by Gasteiger charge is 2.05. The molecule has 16 heavy (non-hydrogen) atoms. The van der Waals surface area contributed by atoms with Crippen molar-refractivity contribution in [3.63, 3.8) is 0 Å². The smallest absolute Gasteiger partial charge is 0.321 e. The van der Waals surface area contributed by atoms with Gasteiger partial charge in [0, 0.05) is 0 Å². The number of hydrogen-bond donors (Lipinski definition) is 1. The van der Waals surface area contributed by atoms with Crippen LogP contribution in [0.25, 0.3) is 0 Å². The zero-order chi connectivity index (χ0) is 12.8. The molecule has 0 heterocycles. The van der Waals surface area contributed by atoms with Crippen molar-refractivity contribution in [2.24, 2.45) is 0 Å². The molecule has 0 saturated carbocycles. The van der Waals surface area contributed by atoms with Crippen molar-refractivity contribution >= 4 is 11.9 Å². The first kappa shape index (κ1) is 16.4. The summed E-state index contributed by atoms with van der Waals surface area (Å²) in [5.41, 5.74) is 0. The van der Waals surface area contributed by atoms with Crippen LogP contribution >= 0.6 is 0 Å². The third kappa shape index (κ3) is 17.9. The molecular weight excluding hydrogens is 212 g/mol. The highest BCUT2D eigenvalue weighted by atomic mass is 16.5. The van der Waals surface area contributed by atoms with Crippen LogP contribution in [-0.4, -0.2) is 17.0 Å². The molecule has 0 aromatic carbocycles.